The van der Waals surface area contributed by atoms with E-state index in [4.69, 9.17) is 4.84 Å². The fourth-order valence-corrected chi connectivity index (χ4v) is 6.10. The Labute approximate surface area is 263 Å². The van der Waals surface area contributed by atoms with E-state index in [-0.39, 0.29) is 36.0 Å². The van der Waals surface area contributed by atoms with Crippen LogP contribution in [0.2, 0.25) is 0 Å². The normalized spacial score (nSPS) is 20.9. The van der Waals surface area contributed by atoms with Gasteiger partial charge in [-0.25, -0.2) is 9.18 Å². The van der Waals surface area contributed by atoms with Gasteiger partial charge >= 0.3 is 18.4 Å². The number of piperazine rings is 1. The van der Waals surface area contributed by atoms with Crippen LogP contribution < -0.4 is 0 Å². The highest BCUT2D eigenvalue weighted by molar-refractivity contribution is 5.78. The number of benzene rings is 2. The number of carbonyl (C=O) groups excluding carboxylic acids is 2. The molecule has 0 N–H and O–H groups in total. The van der Waals surface area contributed by atoms with Crippen molar-refractivity contribution < 1.29 is 45.2 Å². The van der Waals surface area contributed by atoms with Crippen molar-refractivity contribution in [3.8, 4) is 0 Å². The van der Waals surface area contributed by atoms with Gasteiger partial charge in [-0.1, -0.05) is 19.9 Å². The summed E-state index contributed by atoms with van der Waals surface area (Å²) in [7, 11) is 1.24. The van der Waals surface area contributed by atoms with E-state index in [9.17, 15) is 40.3 Å². The van der Waals surface area contributed by atoms with Crippen LogP contribution in [0.1, 0.15) is 73.5 Å². The van der Waals surface area contributed by atoms with Gasteiger partial charge in [0, 0.05) is 51.7 Å². The van der Waals surface area contributed by atoms with Gasteiger partial charge in [0.15, 0.2) is 0 Å². The number of hydroxylamine groups is 2. The molecule has 0 aliphatic carbocycles. The lowest BCUT2D eigenvalue weighted by atomic mass is 9.89. The second-order valence-corrected chi connectivity index (χ2v) is 12.3. The minimum atomic E-state index is -5.03. The van der Waals surface area contributed by atoms with Gasteiger partial charge in [0.05, 0.1) is 23.2 Å². The van der Waals surface area contributed by atoms with Crippen molar-refractivity contribution >= 4 is 12.0 Å². The highest BCUT2D eigenvalue weighted by Crippen LogP contribution is 2.39. The van der Waals surface area contributed by atoms with Gasteiger partial charge in [-0.05, 0) is 73.7 Å². The number of nitrogens with zero attached hydrogens (tertiary/aromatic N) is 4. The Hall–Kier alpha value is -3.39. The van der Waals surface area contributed by atoms with E-state index >= 15 is 0 Å². The number of piperidine rings is 1. The zero-order chi connectivity index (χ0) is 34.1. The first-order chi connectivity index (χ1) is 21.4. The minimum Gasteiger partial charge on any atom is -0.350 e. The average molecular weight is 661 g/mol. The molecular formula is C32H39F7N4O3. The van der Waals surface area contributed by atoms with Crippen LogP contribution in [-0.2, 0) is 22.0 Å². The van der Waals surface area contributed by atoms with Gasteiger partial charge in [-0.2, -0.15) is 26.3 Å². The molecule has 46 heavy (non-hydrogen) atoms. The first-order valence-electron chi connectivity index (χ1n) is 15.2. The molecule has 2 fully saturated rings. The smallest absolute Gasteiger partial charge is 0.350 e. The molecule has 4 rings (SSSR count). The van der Waals surface area contributed by atoms with Crippen LogP contribution in [0, 0.1) is 18.7 Å². The van der Waals surface area contributed by atoms with E-state index in [0.717, 1.165) is 10.5 Å². The Morgan fingerprint density at radius 2 is 1.48 bits per heavy atom. The molecule has 254 valence electrons. The van der Waals surface area contributed by atoms with Crippen LogP contribution in [0.4, 0.5) is 35.5 Å². The number of carbonyl (C=O) groups is 2. The van der Waals surface area contributed by atoms with Crippen molar-refractivity contribution in [3.63, 3.8) is 0 Å². The molecule has 0 bridgehead atoms. The van der Waals surface area contributed by atoms with Crippen molar-refractivity contribution in [2.75, 3.05) is 39.8 Å². The predicted molar refractivity (Wildman–Crippen MR) is 156 cm³/mol. The monoisotopic (exact) mass is 660 g/mol. The molecule has 2 heterocycles. The summed E-state index contributed by atoms with van der Waals surface area (Å²) in [6.07, 6.45) is -9.95. The van der Waals surface area contributed by atoms with Gasteiger partial charge in [0.25, 0.3) is 0 Å². The molecule has 2 amide bonds. The quantitative estimate of drug-likeness (QED) is 0.307. The maximum absolute atomic E-state index is 14.0. The molecule has 2 aromatic carbocycles. The standard InChI is InChI=1S/C32H39F7N4O3/c1-19(2)29(44)42-12-10-41(11-13-42)26-8-9-43(28(18-26)27-7-6-25(33)14-20(27)3)46-30(45)40(5)21(4)22-15-23(31(34,35)36)17-24(16-22)32(37,38)39/h6-7,14-17,19,21,26,28H,8-13,18H2,1-5H3/t21-,26+,28-/m1/s1. The van der Waals surface area contributed by atoms with Crippen LogP contribution in [0.25, 0.3) is 0 Å². The third-order valence-corrected chi connectivity index (χ3v) is 8.91. The predicted octanol–water partition coefficient (Wildman–Crippen LogP) is 7.22. The van der Waals surface area contributed by atoms with E-state index in [0.29, 0.717) is 56.7 Å². The molecular weight excluding hydrogens is 621 g/mol. The maximum atomic E-state index is 14.0. The summed E-state index contributed by atoms with van der Waals surface area (Å²) in [5.41, 5.74) is -1.97. The summed E-state index contributed by atoms with van der Waals surface area (Å²) in [4.78, 5) is 36.7. The van der Waals surface area contributed by atoms with E-state index < -0.39 is 47.5 Å². The van der Waals surface area contributed by atoms with E-state index in [2.05, 4.69) is 4.90 Å². The molecule has 0 saturated carbocycles. The minimum absolute atomic E-state index is 0.0381. The second kappa shape index (κ2) is 13.8. The number of alkyl halides is 6. The maximum Gasteiger partial charge on any atom is 0.429 e. The Bertz CT molecular complexity index is 1370. The summed E-state index contributed by atoms with van der Waals surface area (Å²) in [5.74, 6) is -0.438. The molecule has 0 unspecified atom stereocenters. The molecule has 2 aromatic rings. The van der Waals surface area contributed by atoms with Crippen LogP contribution in [-0.4, -0.2) is 77.6 Å². The Morgan fingerprint density at radius 3 is 2.00 bits per heavy atom. The zero-order valence-corrected chi connectivity index (χ0v) is 26.4. The molecule has 0 radical (unpaired) electrons. The first-order valence-corrected chi connectivity index (χ1v) is 15.2. The first kappa shape index (κ1) is 35.5. The van der Waals surface area contributed by atoms with Gasteiger partial charge in [-0.3, -0.25) is 9.69 Å². The number of rotatable bonds is 6. The van der Waals surface area contributed by atoms with Gasteiger partial charge in [0.2, 0.25) is 5.91 Å². The molecule has 7 nitrogen and oxygen atoms in total. The Balaban J connectivity index is 1.53. The molecule has 0 spiro atoms. The molecule has 3 atom stereocenters. The SMILES string of the molecule is Cc1cc(F)ccc1[C@H]1C[C@@H](N2CCN(C(=O)C(C)C)CC2)CCN1OC(=O)N(C)[C@H](C)c1cc(C(F)(F)F)cc(C(F)(F)F)c1. The van der Waals surface area contributed by atoms with Crippen molar-refractivity contribution in [1.29, 1.82) is 0 Å². The third-order valence-electron chi connectivity index (χ3n) is 8.91. The second-order valence-electron chi connectivity index (χ2n) is 12.3. The van der Waals surface area contributed by atoms with Gasteiger partial charge in [0.1, 0.15) is 5.82 Å². The Morgan fingerprint density at radius 1 is 0.891 bits per heavy atom. The lowest BCUT2D eigenvalue weighted by Gasteiger charge is -2.45. The molecule has 0 aromatic heterocycles. The number of amides is 2. The highest BCUT2D eigenvalue weighted by Gasteiger charge is 2.40. The van der Waals surface area contributed by atoms with Crippen LogP contribution in [0.15, 0.2) is 36.4 Å². The summed E-state index contributed by atoms with van der Waals surface area (Å²) in [6, 6.07) is 3.86. The summed E-state index contributed by atoms with van der Waals surface area (Å²) < 4.78 is 94.8. The number of aryl methyl sites for hydroxylation is 1. The number of hydrogen-bond donors (Lipinski definition) is 0. The lowest BCUT2D eigenvalue weighted by Crippen LogP contribution is -2.55. The Kier molecular flexibility index (Phi) is 10.6. The highest BCUT2D eigenvalue weighted by atomic mass is 19.4. The van der Waals surface area contributed by atoms with Crippen molar-refractivity contribution in [3.05, 3.63) is 70.0 Å². The number of hydrogen-bond acceptors (Lipinski definition) is 5. The van der Waals surface area contributed by atoms with Crippen molar-refractivity contribution in [2.24, 2.45) is 5.92 Å². The summed E-state index contributed by atoms with van der Waals surface area (Å²) >= 11 is 0. The van der Waals surface area contributed by atoms with Gasteiger partial charge < -0.3 is 14.6 Å². The van der Waals surface area contributed by atoms with E-state index in [1.807, 2.05) is 18.7 Å². The largest absolute Gasteiger partial charge is 0.429 e. The van der Waals surface area contributed by atoms with Gasteiger partial charge in [-0.15, -0.1) is 5.06 Å². The molecule has 2 aliphatic rings. The van der Waals surface area contributed by atoms with Crippen LogP contribution >= 0.6 is 0 Å². The zero-order valence-electron chi connectivity index (χ0n) is 26.4. The topological polar surface area (TPSA) is 56.3 Å². The summed E-state index contributed by atoms with van der Waals surface area (Å²) in [5, 5.41) is 1.45. The molecule has 2 saturated heterocycles. The average Bonchev–Trinajstić information content (AvgIpc) is 2.99. The fourth-order valence-electron chi connectivity index (χ4n) is 6.10. The van der Waals surface area contributed by atoms with Crippen molar-refractivity contribution in [1.82, 2.24) is 19.8 Å². The van der Waals surface area contributed by atoms with Crippen LogP contribution in [0.5, 0.6) is 0 Å². The van der Waals surface area contributed by atoms with E-state index in [1.165, 1.54) is 31.2 Å². The third kappa shape index (κ3) is 8.11. The van der Waals surface area contributed by atoms with E-state index in [1.54, 1.807) is 13.0 Å². The summed E-state index contributed by atoms with van der Waals surface area (Å²) in [6.45, 7) is 9.53. The number of halogens is 7. The molecule has 14 heteroatoms. The fraction of sp³-hybridized carbons (Fsp3) is 0.562. The van der Waals surface area contributed by atoms with Crippen LogP contribution in [0.3, 0.4) is 0 Å². The van der Waals surface area contributed by atoms with Crippen molar-refractivity contribution in [2.45, 2.75) is 71.0 Å². The lowest BCUT2D eigenvalue weighted by molar-refractivity contribution is -0.168. The molecule has 2 aliphatic heterocycles.